The van der Waals surface area contributed by atoms with Gasteiger partial charge in [0.15, 0.2) is 0 Å². The van der Waals surface area contributed by atoms with Gasteiger partial charge in [0.2, 0.25) is 0 Å². The van der Waals surface area contributed by atoms with E-state index in [9.17, 15) is 0 Å². The Balaban J connectivity index is 1.78. The van der Waals surface area contributed by atoms with Crippen molar-refractivity contribution in [1.29, 1.82) is 0 Å². The van der Waals surface area contributed by atoms with Gasteiger partial charge in [-0.15, -0.1) is 0 Å². The van der Waals surface area contributed by atoms with Gasteiger partial charge in [-0.05, 0) is 43.5 Å². The van der Waals surface area contributed by atoms with Crippen molar-refractivity contribution in [3.63, 3.8) is 0 Å². The summed E-state index contributed by atoms with van der Waals surface area (Å²) in [6.45, 7) is 1.78. The molecule has 0 aromatic heterocycles. The van der Waals surface area contributed by atoms with Crippen LogP contribution in [0.25, 0.3) is 0 Å². The molecule has 106 valence electrons. The molecule has 2 aromatic rings. The zero-order chi connectivity index (χ0) is 14.0. The van der Waals surface area contributed by atoms with Crippen LogP contribution in [0.4, 0.5) is 0 Å². The Hall–Kier alpha value is -1.80. The van der Waals surface area contributed by atoms with Gasteiger partial charge in [0, 0.05) is 6.54 Å². The van der Waals surface area contributed by atoms with Crippen LogP contribution in [0.1, 0.15) is 24.3 Å². The molecule has 0 unspecified atom stereocenters. The SMILES string of the molecule is CNC[C@@H](CCCOc1ccccc1)c1ccccc1. The predicted octanol–water partition coefficient (Wildman–Crippen LogP) is 3.85. The molecule has 0 bridgehead atoms. The maximum Gasteiger partial charge on any atom is 0.119 e. The average molecular weight is 269 g/mol. The summed E-state index contributed by atoms with van der Waals surface area (Å²) in [4.78, 5) is 0. The Morgan fingerprint density at radius 2 is 1.60 bits per heavy atom. The summed E-state index contributed by atoms with van der Waals surface area (Å²) in [5.41, 5.74) is 1.40. The number of hydrogen-bond acceptors (Lipinski definition) is 2. The number of ether oxygens (including phenoxy) is 1. The molecule has 2 heteroatoms. The van der Waals surface area contributed by atoms with Gasteiger partial charge in [-0.3, -0.25) is 0 Å². The largest absolute Gasteiger partial charge is 0.494 e. The zero-order valence-corrected chi connectivity index (χ0v) is 12.1. The maximum atomic E-state index is 5.75. The molecule has 20 heavy (non-hydrogen) atoms. The first-order valence-corrected chi connectivity index (χ1v) is 7.27. The van der Waals surface area contributed by atoms with Gasteiger partial charge >= 0.3 is 0 Å². The van der Waals surface area contributed by atoms with Crippen molar-refractivity contribution in [3.05, 3.63) is 66.2 Å². The second kappa shape index (κ2) is 8.39. The highest BCUT2D eigenvalue weighted by Gasteiger charge is 2.09. The van der Waals surface area contributed by atoms with E-state index in [4.69, 9.17) is 4.74 Å². The monoisotopic (exact) mass is 269 g/mol. The highest BCUT2D eigenvalue weighted by molar-refractivity contribution is 5.21. The van der Waals surface area contributed by atoms with Crippen molar-refractivity contribution in [1.82, 2.24) is 5.32 Å². The number of rotatable bonds is 8. The Morgan fingerprint density at radius 1 is 0.950 bits per heavy atom. The fraction of sp³-hybridized carbons (Fsp3) is 0.333. The maximum absolute atomic E-state index is 5.75. The molecule has 0 aliphatic rings. The summed E-state index contributed by atoms with van der Waals surface area (Å²) in [6.07, 6.45) is 2.20. The van der Waals surface area contributed by atoms with E-state index in [2.05, 4.69) is 35.6 Å². The number of likely N-dealkylation sites (N-methyl/N-ethyl adjacent to an activating group) is 1. The van der Waals surface area contributed by atoms with Crippen molar-refractivity contribution in [2.75, 3.05) is 20.2 Å². The van der Waals surface area contributed by atoms with Crippen LogP contribution in [0.5, 0.6) is 5.75 Å². The molecule has 0 spiro atoms. The second-order valence-electron chi connectivity index (χ2n) is 4.97. The van der Waals surface area contributed by atoms with Crippen LogP contribution < -0.4 is 10.1 Å². The summed E-state index contributed by atoms with van der Waals surface area (Å²) in [6, 6.07) is 20.7. The molecule has 2 nitrogen and oxygen atoms in total. The molecule has 1 N–H and O–H groups in total. The van der Waals surface area contributed by atoms with Gasteiger partial charge in [-0.25, -0.2) is 0 Å². The first kappa shape index (κ1) is 14.6. The summed E-state index contributed by atoms with van der Waals surface area (Å²) >= 11 is 0. The quantitative estimate of drug-likeness (QED) is 0.735. The molecule has 2 aromatic carbocycles. The normalized spacial score (nSPS) is 12.1. The van der Waals surface area contributed by atoms with E-state index in [1.807, 2.05) is 37.4 Å². The molecule has 0 aliphatic heterocycles. The average Bonchev–Trinajstić information content (AvgIpc) is 2.52. The van der Waals surface area contributed by atoms with Crippen LogP contribution >= 0.6 is 0 Å². The van der Waals surface area contributed by atoms with Crippen molar-refractivity contribution in [3.8, 4) is 5.75 Å². The smallest absolute Gasteiger partial charge is 0.119 e. The van der Waals surface area contributed by atoms with Gasteiger partial charge in [-0.2, -0.15) is 0 Å². The fourth-order valence-electron chi connectivity index (χ4n) is 2.39. The van der Waals surface area contributed by atoms with E-state index in [0.29, 0.717) is 5.92 Å². The molecule has 0 saturated heterocycles. The molecule has 0 heterocycles. The molecule has 0 radical (unpaired) electrons. The van der Waals surface area contributed by atoms with Crippen molar-refractivity contribution in [2.24, 2.45) is 0 Å². The Kier molecular flexibility index (Phi) is 6.12. The lowest BCUT2D eigenvalue weighted by molar-refractivity contribution is 0.301. The minimum absolute atomic E-state index is 0.556. The topological polar surface area (TPSA) is 21.3 Å². The Morgan fingerprint density at radius 3 is 2.25 bits per heavy atom. The van der Waals surface area contributed by atoms with E-state index in [0.717, 1.165) is 31.7 Å². The minimum atomic E-state index is 0.556. The molecule has 1 atom stereocenters. The Bertz CT molecular complexity index is 469. The van der Waals surface area contributed by atoms with Crippen molar-refractivity contribution in [2.45, 2.75) is 18.8 Å². The minimum Gasteiger partial charge on any atom is -0.494 e. The van der Waals surface area contributed by atoms with Crippen LogP contribution in [0.15, 0.2) is 60.7 Å². The lowest BCUT2D eigenvalue weighted by atomic mass is 9.94. The second-order valence-corrected chi connectivity index (χ2v) is 4.97. The zero-order valence-electron chi connectivity index (χ0n) is 12.1. The molecule has 0 aliphatic carbocycles. The van der Waals surface area contributed by atoms with Gasteiger partial charge in [0.25, 0.3) is 0 Å². The van der Waals surface area contributed by atoms with E-state index < -0.39 is 0 Å². The number of benzene rings is 2. The molecular weight excluding hydrogens is 246 g/mol. The Labute approximate surface area is 121 Å². The standard InChI is InChI=1S/C18H23NO/c1-19-15-17(16-9-4-2-5-10-16)11-8-14-20-18-12-6-3-7-13-18/h2-7,9-10,12-13,17,19H,8,11,14-15H2,1H3/t17-/m1/s1. The summed E-state index contributed by atoms with van der Waals surface area (Å²) in [7, 11) is 2.01. The summed E-state index contributed by atoms with van der Waals surface area (Å²) in [5.74, 6) is 1.51. The molecule has 2 rings (SSSR count). The van der Waals surface area contributed by atoms with Gasteiger partial charge in [0.05, 0.1) is 6.61 Å². The fourth-order valence-corrected chi connectivity index (χ4v) is 2.39. The van der Waals surface area contributed by atoms with Crippen LogP contribution in [0, 0.1) is 0 Å². The third-order valence-corrected chi connectivity index (χ3v) is 3.43. The molecule has 0 amide bonds. The van der Waals surface area contributed by atoms with E-state index >= 15 is 0 Å². The van der Waals surface area contributed by atoms with Crippen LogP contribution in [0.2, 0.25) is 0 Å². The highest BCUT2D eigenvalue weighted by atomic mass is 16.5. The van der Waals surface area contributed by atoms with Gasteiger partial charge in [-0.1, -0.05) is 48.5 Å². The molecular formula is C18H23NO. The van der Waals surface area contributed by atoms with Crippen molar-refractivity contribution >= 4 is 0 Å². The summed E-state index contributed by atoms with van der Waals surface area (Å²) in [5, 5.41) is 3.28. The van der Waals surface area contributed by atoms with Crippen molar-refractivity contribution < 1.29 is 4.74 Å². The van der Waals surface area contributed by atoms with Crippen LogP contribution in [0.3, 0.4) is 0 Å². The number of nitrogens with one attached hydrogen (secondary N) is 1. The van der Waals surface area contributed by atoms with Crippen LogP contribution in [-0.4, -0.2) is 20.2 Å². The summed E-state index contributed by atoms with van der Waals surface area (Å²) < 4.78 is 5.75. The van der Waals surface area contributed by atoms with Crippen LogP contribution in [-0.2, 0) is 0 Å². The first-order chi connectivity index (χ1) is 9.90. The molecule has 0 fully saturated rings. The predicted molar refractivity (Wildman–Crippen MR) is 84.3 cm³/mol. The lowest BCUT2D eigenvalue weighted by Crippen LogP contribution is -2.18. The highest BCUT2D eigenvalue weighted by Crippen LogP contribution is 2.20. The van der Waals surface area contributed by atoms with E-state index in [1.54, 1.807) is 0 Å². The third-order valence-electron chi connectivity index (χ3n) is 3.43. The van der Waals surface area contributed by atoms with E-state index in [-0.39, 0.29) is 0 Å². The molecule has 0 saturated carbocycles. The number of para-hydroxylation sites is 1. The van der Waals surface area contributed by atoms with Gasteiger partial charge in [0.1, 0.15) is 5.75 Å². The van der Waals surface area contributed by atoms with E-state index in [1.165, 1.54) is 5.56 Å². The third kappa shape index (κ3) is 4.71. The lowest BCUT2D eigenvalue weighted by Gasteiger charge is -2.17. The van der Waals surface area contributed by atoms with Gasteiger partial charge < -0.3 is 10.1 Å². The number of hydrogen-bond donors (Lipinski definition) is 1. The first-order valence-electron chi connectivity index (χ1n) is 7.27.